The summed E-state index contributed by atoms with van der Waals surface area (Å²) in [5.41, 5.74) is 1.54. The molecule has 1 N–H and O–H groups in total. The molecule has 3 amide bonds. The summed E-state index contributed by atoms with van der Waals surface area (Å²) in [5, 5.41) is 9.77. The highest BCUT2D eigenvalue weighted by Gasteiger charge is 2.59. The number of fused-ring (bicyclic) bond motifs is 1. The second kappa shape index (κ2) is 6.43. The Morgan fingerprint density at radius 3 is 2.37 bits per heavy atom. The fourth-order valence-corrected chi connectivity index (χ4v) is 4.48. The fraction of sp³-hybridized carbons (Fsp3) is 0.300. The number of urea groups is 1. The zero-order valence-corrected chi connectivity index (χ0v) is 16.2. The lowest BCUT2D eigenvalue weighted by Gasteiger charge is -2.28. The summed E-state index contributed by atoms with van der Waals surface area (Å²) in [6.45, 7) is 2.54. The third-order valence-electron chi connectivity index (χ3n) is 5.39. The number of carbonyl (C=O) groups excluding carboxylic acids is 2. The quantitative estimate of drug-likeness (QED) is 0.763. The molecule has 0 bridgehead atoms. The van der Waals surface area contributed by atoms with Crippen LogP contribution in [-0.2, 0) is 11.2 Å². The topological polar surface area (TPSA) is 60.9 Å². The molecule has 2 aromatic carbocycles. The van der Waals surface area contributed by atoms with Gasteiger partial charge in [-0.2, -0.15) is 0 Å². The predicted molar refractivity (Wildman–Crippen MR) is 105 cm³/mol. The Morgan fingerprint density at radius 2 is 1.74 bits per heavy atom. The summed E-state index contributed by atoms with van der Waals surface area (Å²) in [6, 6.07) is 10.4. The molecule has 5 nitrogen and oxygen atoms in total. The van der Waals surface area contributed by atoms with Gasteiger partial charge in [0.15, 0.2) is 5.75 Å². The number of phenols is 1. The van der Waals surface area contributed by atoms with Crippen molar-refractivity contribution in [3.8, 4) is 5.75 Å². The van der Waals surface area contributed by atoms with Crippen LogP contribution in [0.1, 0.15) is 24.0 Å². The Labute approximate surface area is 167 Å². The van der Waals surface area contributed by atoms with Crippen LogP contribution in [0.3, 0.4) is 0 Å². The minimum absolute atomic E-state index is 0.00209. The highest BCUT2D eigenvalue weighted by Crippen LogP contribution is 2.44. The number of hydrogen-bond acceptors (Lipinski definition) is 3. The molecule has 7 heteroatoms. The van der Waals surface area contributed by atoms with Crippen molar-refractivity contribution in [3.05, 3.63) is 57.6 Å². The van der Waals surface area contributed by atoms with Crippen molar-refractivity contribution in [1.29, 1.82) is 0 Å². The zero-order chi connectivity index (χ0) is 19.3. The summed E-state index contributed by atoms with van der Waals surface area (Å²) >= 11 is 12.0. The van der Waals surface area contributed by atoms with Gasteiger partial charge in [-0.25, -0.2) is 9.69 Å². The monoisotopic (exact) mass is 404 g/mol. The maximum absolute atomic E-state index is 13.4. The van der Waals surface area contributed by atoms with Gasteiger partial charge in [0.2, 0.25) is 0 Å². The normalized spacial score (nSPS) is 21.9. The smallest absolute Gasteiger partial charge is 0.332 e. The van der Waals surface area contributed by atoms with Crippen molar-refractivity contribution >= 4 is 40.8 Å². The lowest BCUT2D eigenvalue weighted by molar-refractivity contribution is -0.123. The summed E-state index contributed by atoms with van der Waals surface area (Å²) < 4.78 is 0. The highest BCUT2D eigenvalue weighted by atomic mass is 35.5. The molecule has 0 saturated carbocycles. The molecule has 2 saturated heterocycles. The third-order valence-corrected chi connectivity index (χ3v) is 5.97. The number of benzene rings is 2. The molecule has 2 aromatic rings. The van der Waals surface area contributed by atoms with E-state index in [9.17, 15) is 14.7 Å². The molecule has 2 fully saturated rings. The molecule has 2 aliphatic rings. The highest BCUT2D eigenvalue weighted by molar-refractivity contribution is 6.38. The lowest BCUT2D eigenvalue weighted by Crippen LogP contribution is -2.47. The molecular weight excluding hydrogens is 387 g/mol. The van der Waals surface area contributed by atoms with Crippen LogP contribution >= 0.6 is 23.2 Å². The molecule has 0 aliphatic carbocycles. The van der Waals surface area contributed by atoms with Crippen molar-refractivity contribution in [2.75, 3.05) is 11.4 Å². The van der Waals surface area contributed by atoms with Gasteiger partial charge in [-0.05, 0) is 37.5 Å². The average molecular weight is 405 g/mol. The van der Waals surface area contributed by atoms with Crippen LogP contribution < -0.4 is 4.90 Å². The van der Waals surface area contributed by atoms with E-state index in [0.29, 0.717) is 19.4 Å². The maximum atomic E-state index is 13.4. The number of imide groups is 1. The Kier molecular flexibility index (Phi) is 4.32. The number of nitrogens with zero attached hydrogens (tertiary/aromatic N) is 2. The first-order valence-electron chi connectivity index (χ1n) is 8.73. The van der Waals surface area contributed by atoms with E-state index in [2.05, 4.69) is 0 Å². The summed E-state index contributed by atoms with van der Waals surface area (Å²) in [6.07, 6.45) is 1.86. The second-order valence-electron chi connectivity index (χ2n) is 7.13. The van der Waals surface area contributed by atoms with Gasteiger partial charge in [-0.1, -0.05) is 53.0 Å². The zero-order valence-electron chi connectivity index (χ0n) is 14.7. The molecule has 0 aromatic heterocycles. The fourth-order valence-electron chi connectivity index (χ4n) is 4.01. The first-order valence-corrected chi connectivity index (χ1v) is 9.49. The molecule has 2 aliphatic heterocycles. The average Bonchev–Trinajstić information content (AvgIpc) is 3.13. The Hall–Kier alpha value is -2.24. The van der Waals surface area contributed by atoms with Crippen molar-refractivity contribution in [2.45, 2.75) is 31.7 Å². The number of aromatic hydroxyl groups is 1. The van der Waals surface area contributed by atoms with Crippen LogP contribution in [-0.4, -0.2) is 34.0 Å². The molecule has 140 valence electrons. The van der Waals surface area contributed by atoms with Gasteiger partial charge in [0.1, 0.15) is 5.54 Å². The molecule has 1 unspecified atom stereocenters. The number of halogens is 2. The largest absolute Gasteiger partial charge is 0.505 e. The third kappa shape index (κ3) is 2.77. The van der Waals surface area contributed by atoms with Crippen molar-refractivity contribution < 1.29 is 14.7 Å². The summed E-state index contributed by atoms with van der Waals surface area (Å²) in [4.78, 5) is 29.2. The maximum Gasteiger partial charge on any atom is 0.332 e. The van der Waals surface area contributed by atoms with E-state index in [1.807, 2.05) is 31.2 Å². The summed E-state index contributed by atoms with van der Waals surface area (Å²) in [5.74, 6) is -0.542. The molecule has 1 atom stereocenters. The molecule has 4 rings (SSSR count). The van der Waals surface area contributed by atoms with E-state index in [1.165, 1.54) is 12.1 Å². The van der Waals surface area contributed by atoms with Crippen molar-refractivity contribution in [1.82, 2.24) is 4.90 Å². The number of amides is 3. The number of anilines is 1. The van der Waals surface area contributed by atoms with E-state index in [-0.39, 0.29) is 33.4 Å². The molecule has 27 heavy (non-hydrogen) atoms. The van der Waals surface area contributed by atoms with Gasteiger partial charge in [-0.15, -0.1) is 0 Å². The number of carbonyl (C=O) groups is 2. The lowest BCUT2D eigenvalue weighted by atomic mass is 9.88. The van der Waals surface area contributed by atoms with Crippen molar-refractivity contribution in [3.63, 3.8) is 0 Å². The van der Waals surface area contributed by atoms with E-state index in [4.69, 9.17) is 23.2 Å². The Bertz CT molecular complexity index is 922. The SMILES string of the molecule is Cc1ccc(CC23CCCN2C(=O)N(c2cc(Cl)c(O)c(Cl)c2)C3=O)cc1. The van der Waals surface area contributed by atoms with Crippen LogP contribution in [0.4, 0.5) is 10.5 Å². The molecule has 0 radical (unpaired) electrons. The molecule has 0 spiro atoms. The van der Waals surface area contributed by atoms with Gasteiger partial charge < -0.3 is 10.0 Å². The minimum Gasteiger partial charge on any atom is -0.505 e. The van der Waals surface area contributed by atoms with Gasteiger partial charge in [-0.3, -0.25) is 4.79 Å². The van der Waals surface area contributed by atoms with E-state index in [0.717, 1.165) is 22.4 Å². The Balaban J connectivity index is 1.74. The van der Waals surface area contributed by atoms with Crippen LogP contribution in [0.5, 0.6) is 5.75 Å². The second-order valence-corrected chi connectivity index (χ2v) is 7.94. The van der Waals surface area contributed by atoms with Gasteiger partial charge >= 0.3 is 6.03 Å². The number of aryl methyl sites for hydroxylation is 1. The summed E-state index contributed by atoms with van der Waals surface area (Å²) in [7, 11) is 0. The predicted octanol–water partition coefficient (Wildman–Crippen LogP) is 4.55. The number of hydrogen-bond donors (Lipinski definition) is 1. The van der Waals surface area contributed by atoms with Gasteiger partial charge in [0.05, 0.1) is 15.7 Å². The van der Waals surface area contributed by atoms with Gasteiger partial charge in [0, 0.05) is 13.0 Å². The van der Waals surface area contributed by atoms with Crippen LogP contribution in [0.2, 0.25) is 10.0 Å². The van der Waals surface area contributed by atoms with Crippen LogP contribution in [0.25, 0.3) is 0 Å². The molecular formula is C20H18Cl2N2O3. The van der Waals surface area contributed by atoms with E-state index >= 15 is 0 Å². The minimum atomic E-state index is -0.886. The van der Waals surface area contributed by atoms with E-state index < -0.39 is 5.54 Å². The van der Waals surface area contributed by atoms with Crippen LogP contribution in [0, 0.1) is 6.92 Å². The van der Waals surface area contributed by atoms with E-state index in [1.54, 1.807) is 4.90 Å². The Morgan fingerprint density at radius 1 is 1.11 bits per heavy atom. The van der Waals surface area contributed by atoms with Crippen molar-refractivity contribution in [2.24, 2.45) is 0 Å². The van der Waals surface area contributed by atoms with Crippen LogP contribution in [0.15, 0.2) is 36.4 Å². The number of rotatable bonds is 3. The number of phenolic OH excluding ortho intramolecular Hbond substituents is 1. The standard InChI is InChI=1S/C20H18Cl2N2O3/c1-12-3-5-13(6-4-12)11-20-7-2-8-23(20)19(27)24(18(20)26)14-9-15(21)17(25)16(22)10-14/h3-6,9-10,25H,2,7-8,11H2,1H3. The first-order chi connectivity index (χ1) is 12.8. The molecule has 2 heterocycles. The van der Waals surface area contributed by atoms with Gasteiger partial charge in [0.25, 0.3) is 5.91 Å². The first kappa shape index (κ1) is 18.1.